The first-order chi connectivity index (χ1) is 9.06. The van der Waals surface area contributed by atoms with E-state index >= 15 is 0 Å². The molecule has 1 aromatic rings. The number of amides is 1. The van der Waals surface area contributed by atoms with E-state index in [1.54, 1.807) is 0 Å². The van der Waals surface area contributed by atoms with Gasteiger partial charge in [-0.25, -0.2) is 0 Å². The van der Waals surface area contributed by atoms with Gasteiger partial charge in [0.25, 0.3) is 5.91 Å². The second-order valence-corrected chi connectivity index (χ2v) is 7.07. The van der Waals surface area contributed by atoms with Crippen LogP contribution in [0.5, 0.6) is 0 Å². The molecule has 0 radical (unpaired) electrons. The van der Waals surface area contributed by atoms with E-state index < -0.39 is 0 Å². The van der Waals surface area contributed by atoms with Crippen molar-refractivity contribution in [1.29, 1.82) is 0 Å². The van der Waals surface area contributed by atoms with Crippen molar-refractivity contribution in [2.45, 2.75) is 44.4 Å². The Morgan fingerprint density at radius 2 is 2.05 bits per heavy atom. The third kappa shape index (κ3) is 4.07. The van der Waals surface area contributed by atoms with Gasteiger partial charge in [0, 0.05) is 16.9 Å². The van der Waals surface area contributed by atoms with Gasteiger partial charge in [0.05, 0.1) is 0 Å². The molecular formula is C16H22BrNO. The molecule has 1 unspecified atom stereocenters. The minimum absolute atomic E-state index is 0.0444. The van der Waals surface area contributed by atoms with Crippen LogP contribution >= 0.6 is 15.9 Å². The van der Waals surface area contributed by atoms with Crippen LogP contribution in [-0.4, -0.2) is 17.3 Å². The molecule has 0 spiro atoms. The fraction of sp³-hybridized carbons (Fsp3) is 0.562. The highest BCUT2D eigenvalue weighted by Gasteiger charge is 2.14. The fourth-order valence-corrected chi connectivity index (χ4v) is 3.52. The number of aryl methyl sites for hydroxylation is 2. The van der Waals surface area contributed by atoms with Gasteiger partial charge in [0.1, 0.15) is 0 Å². The number of nitrogens with one attached hydrogen (secondary N) is 1. The number of benzene rings is 1. The van der Waals surface area contributed by atoms with E-state index in [1.165, 1.54) is 17.5 Å². The Kier molecular flexibility index (Phi) is 5.03. The summed E-state index contributed by atoms with van der Waals surface area (Å²) in [4.78, 5) is 12.5. The van der Waals surface area contributed by atoms with Crippen molar-refractivity contribution >= 4 is 21.8 Å². The molecule has 0 saturated carbocycles. The van der Waals surface area contributed by atoms with E-state index in [0.29, 0.717) is 17.3 Å². The minimum Gasteiger partial charge on any atom is -0.351 e. The van der Waals surface area contributed by atoms with Crippen LogP contribution in [0.2, 0.25) is 0 Å². The zero-order valence-corrected chi connectivity index (χ0v) is 13.3. The smallest absolute Gasteiger partial charge is 0.251 e. The van der Waals surface area contributed by atoms with Crippen LogP contribution < -0.4 is 5.32 Å². The van der Waals surface area contributed by atoms with Crippen molar-refractivity contribution in [3.8, 4) is 0 Å². The molecule has 0 aliphatic heterocycles. The van der Waals surface area contributed by atoms with Gasteiger partial charge < -0.3 is 5.32 Å². The molecule has 2 rings (SSSR count). The van der Waals surface area contributed by atoms with Crippen molar-refractivity contribution < 1.29 is 4.79 Å². The van der Waals surface area contributed by atoms with Crippen LogP contribution in [-0.2, 0) is 12.8 Å². The molecule has 0 bridgehead atoms. The lowest BCUT2D eigenvalue weighted by atomic mass is 10.1. The van der Waals surface area contributed by atoms with Gasteiger partial charge in [-0.05, 0) is 54.9 Å². The summed E-state index contributed by atoms with van der Waals surface area (Å²) >= 11 is 3.61. The fourth-order valence-electron chi connectivity index (χ4n) is 2.61. The van der Waals surface area contributed by atoms with E-state index in [0.717, 1.165) is 24.8 Å². The van der Waals surface area contributed by atoms with Gasteiger partial charge in [0.15, 0.2) is 0 Å². The Balaban J connectivity index is 1.90. The molecule has 0 heterocycles. The lowest BCUT2D eigenvalue weighted by Gasteiger charge is -2.13. The molecule has 0 fully saturated rings. The molecule has 0 aromatic heterocycles. The molecule has 1 N–H and O–H groups in total. The standard InChI is InChI=1S/C16H22BrNO/c1-11(2)8-15(17)10-18-16(19)14-7-6-12-4-3-5-13(12)9-14/h6-7,9,11,15H,3-5,8,10H2,1-2H3,(H,18,19). The molecule has 19 heavy (non-hydrogen) atoms. The molecule has 104 valence electrons. The van der Waals surface area contributed by atoms with E-state index in [4.69, 9.17) is 0 Å². The quantitative estimate of drug-likeness (QED) is 0.822. The van der Waals surface area contributed by atoms with Crippen molar-refractivity contribution in [3.63, 3.8) is 0 Å². The first kappa shape index (κ1) is 14.6. The maximum absolute atomic E-state index is 12.1. The highest BCUT2D eigenvalue weighted by atomic mass is 79.9. The van der Waals surface area contributed by atoms with Crippen LogP contribution in [0.15, 0.2) is 18.2 Å². The monoisotopic (exact) mass is 323 g/mol. The Morgan fingerprint density at radius 3 is 2.79 bits per heavy atom. The number of carbonyl (C=O) groups is 1. The molecule has 1 aliphatic carbocycles. The van der Waals surface area contributed by atoms with Crippen LogP contribution in [0.3, 0.4) is 0 Å². The van der Waals surface area contributed by atoms with Crippen molar-refractivity contribution in [2.75, 3.05) is 6.54 Å². The predicted octanol–water partition coefficient (Wildman–Crippen LogP) is 3.71. The van der Waals surface area contributed by atoms with Crippen molar-refractivity contribution in [1.82, 2.24) is 5.32 Å². The second-order valence-electron chi connectivity index (χ2n) is 5.77. The second kappa shape index (κ2) is 6.56. The third-order valence-electron chi connectivity index (χ3n) is 3.57. The summed E-state index contributed by atoms with van der Waals surface area (Å²) in [7, 11) is 0. The SMILES string of the molecule is CC(C)CC(Br)CNC(=O)c1ccc2c(c1)CCC2. The van der Waals surface area contributed by atoms with Crippen LogP contribution in [0.25, 0.3) is 0 Å². The zero-order valence-electron chi connectivity index (χ0n) is 11.7. The van der Waals surface area contributed by atoms with E-state index in [-0.39, 0.29) is 5.91 Å². The van der Waals surface area contributed by atoms with Crippen molar-refractivity contribution in [2.24, 2.45) is 5.92 Å². The Bertz CT molecular complexity index is 456. The van der Waals surface area contributed by atoms with Gasteiger partial charge in [0.2, 0.25) is 0 Å². The number of alkyl halides is 1. The number of rotatable bonds is 5. The Labute approximate surface area is 124 Å². The number of hydrogen-bond acceptors (Lipinski definition) is 1. The Hall–Kier alpha value is -0.830. The topological polar surface area (TPSA) is 29.1 Å². The van der Waals surface area contributed by atoms with Gasteiger partial charge in [-0.15, -0.1) is 0 Å². The third-order valence-corrected chi connectivity index (χ3v) is 4.27. The van der Waals surface area contributed by atoms with Crippen LogP contribution in [0.1, 0.15) is 48.2 Å². The summed E-state index contributed by atoms with van der Waals surface area (Å²) < 4.78 is 0. The number of hydrogen-bond donors (Lipinski definition) is 1. The molecule has 1 aromatic carbocycles. The van der Waals surface area contributed by atoms with Crippen molar-refractivity contribution in [3.05, 3.63) is 34.9 Å². The molecule has 1 aliphatic rings. The minimum atomic E-state index is 0.0444. The summed E-state index contributed by atoms with van der Waals surface area (Å²) in [5, 5.41) is 3.01. The summed E-state index contributed by atoms with van der Waals surface area (Å²) in [6.07, 6.45) is 4.57. The molecule has 1 amide bonds. The predicted molar refractivity (Wildman–Crippen MR) is 83.0 cm³/mol. The first-order valence-corrected chi connectivity index (χ1v) is 8.02. The van der Waals surface area contributed by atoms with Gasteiger partial charge in [-0.1, -0.05) is 35.8 Å². The molecule has 2 nitrogen and oxygen atoms in total. The van der Waals surface area contributed by atoms with E-state index in [9.17, 15) is 4.79 Å². The van der Waals surface area contributed by atoms with Gasteiger partial charge in [-0.3, -0.25) is 4.79 Å². The number of carbonyl (C=O) groups excluding carboxylic acids is 1. The lowest BCUT2D eigenvalue weighted by molar-refractivity contribution is 0.0953. The van der Waals surface area contributed by atoms with Gasteiger partial charge in [-0.2, -0.15) is 0 Å². The normalized spacial score (nSPS) is 15.4. The Morgan fingerprint density at radius 1 is 1.32 bits per heavy atom. The lowest BCUT2D eigenvalue weighted by Crippen LogP contribution is -2.30. The zero-order chi connectivity index (χ0) is 13.8. The summed E-state index contributed by atoms with van der Waals surface area (Å²) in [6, 6.07) is 6.12. The largest absolute Gasteiger partial charge is 0.351 e. The molecule has 3 heteroatoms. The van der Waals surface area contributed by atoms with Crippen LogP contribution in [0, 0.1) is 5.92 Å². The van der Waals surface area contributed by atoms with E-state index in [2.05, 4.69) is 47.2 Å². The summed E-state index contributed by atoms with van der Waals surface area (Å²) in [5.41, 5.74) is 3.56. The highest BCUT2D eigenvalue weighted by Crippen LogP contribution is 2.22. The van der Waals surface area contributed by atoms with Crippen LogP contribution in [0.4, 0.5) is 0 Å². The first-order valence-electron chi connectivity index (χ1n) is 7.10. The van der Waals surface area contributed by atoms with E-state index in [1.807, 2.05) is 6.07 Å². The molecule has 0 saturated heterocycles. The average molecular weight is 324 g/mol. The number of halogens is 1. The summed E-state index contributed by atoms with van der Waals surface area (Å²) in [5.74, 6) is 0.684. The molecular weight excluding hydrogens is 302 g/mol. The average Bonchev–Trinajstić information content (AvgIpc) is 2.82. The maximum atomic E-state index is 12.1. The molecule has 1 atom stereocenters. The number of fused-ring (bicyclic) bond motifs is 1. The van der Waals surface area contributed by atoms with Gasteiger partial charge >= 0.3 is 0 Å². The highest BCUT2D eigenvalue weighted by molar-refractivity contribution is 9.09. The summed E-state index contributed by atoms with van der Waals surface area (Å²) in [6.45, 7) is 5.07. The maximum Gasteiger partial charge on any atom is 0.251 e.